The van der Waals surface area contributed by atoms with Crippen molar-refractivity contribution < 1.29 is 0 Å². The first-order valence-electron chi connectivity index (χ1n) is 6.99. The molecule has 0 aliphatic carbocycles. The van der Waals surface area contributed by atoms with Crippen LogP contribution in [0.5, 0.6) is 0 Å². The number of rotatable bonds is 3. The van der Waals surface area contributed by atoms with E-state index < -0.39 is 0 Å². The fraction of sp³-hybridized carbons (Fsp3) is 0.625. The molecule has 1 aliphatic heterocycles. The highest BCUT2D eigenvalue weighted by molar-refractivity contribution is 5.49. The summed E-state index contributed by atoms with van der Waals surface area (Å²) in [7, 11) is 0. The summed E-state index contributed by atoms with van der Waals surface area (Å²) >= 11 is 0. The van der Waals surface area contributed by atoms with Gasteiger partial charge < -0.3 is 4.90 Å². The first-order valence-corrected chi connectivity index (χ1v) is 6.99. The highest BCUT2D eigenvalue weighted by Crippen LogP contribution is 2.24. The number of anilines is 1. The molecule has 2 rings (SSSR count). The Morgan fingerprint density at radius 2 is 1.94 bits per heavy atom. The van der Waals surface area contributed by atoms with Crippen LogP contribution in [-0.4, -0.2) is 13.1 Å². The summed E-state index contributed by atoms with van der Waals surface area (Å²) in [5.41, 5.74) is 2.91. The minimum absolute atomic E-state index is 0.742. The van der Waals surface area contributed by atoms with Gasteiger partial charge in [0.1, 0.15) is 0 Å². The summed E-state index contributed by atoms with van der Waals surface area (Å²) in [5.74, 6) is 1.65. The van der Waals surface area contributed by atoms with Gasteiger partial charge in [-0.25, -0.2) is 0 Å². The van der Waals surface area contributed by atoms with Crippen LogP contribution in [0.4, 0.5) is 5.69 Å². The molecule has 0 atom stereocenters. The number of hydrogen-bond donors (Lipinski definition) is 0. The molecule has 94 valence electrons. The van der Waals surface area contributed by atoms with Crippen LogP contribution < -0.4 is 4.90 Å². The summed E-state index contributed by atoms with van der Waals surface area (Å²) in [4.78, 5) is 2.55. The van der Waals surface area contributed by atoms with Gasteiger partial charge in [-0.15, -0.1) is 0 Å². The van der Waals surface area contributed by atoms with E-state index in [4.69, 9.17) is 0 Å². The van der Waals surface area contributed by atoms with E-state index in [1.54, 1.807) is 0 Å². The monoisotopic (exact) mass is 231 g/mol. The molecule has 0 spiro atoms. The lowest BCUT2D eigenvalue weighted by atomic mass is 9.98. The van der Waals surface area contributed by atoms with Crippen molar-refractivity contribution in [2.24, 2.45) is 11.8 Å². The molecule has 0 amide bonds. The third-order valence-electron chi connectivity index (χ3n) is 3.70. The fourth-order valence-electron chi connectivity index (χ4n) is 2.62. The fourth-order valence-corrected chi connectivity index (χ4v) is 2.62. The van der Waals surface area contributed by atoms with Gasteiger partial charge >= 0.3 is 0 Å². The lowest BCUT2D eigenvalue weighted by molar-refractivity contribution is 0.438. The molecule has 1 heteroatoms. The van der Waals surface area contributed by atoms with Gasteiger partial charge in [0.25, 0.3) is 0 Å². The molecule has 0 N–H and O–H groups in total. The van der Waals surface area contributed by atoms with Gasteiger partial charge in [0.2, 0.25) is 0 Å². The summed E-state index contributed by atoms with van der Waals surface area (Å²) in [6.45, 7) is 9.40. The molecule has 1 fully saturated rings. The van der Waals surface area contributed by atoms with Crippen LogP contribution in [0.2, 0.25) is 0 Å². The lowest BCUT2D eigenvalue weighted by Gasteiger charge is -2.32. The van der Waals surface area contributed by atoms with Gasteiger partial charge in [0.15, 0.2) is 0 Å². The van der Waals surface area contributed by atoms with Crippen LogP contribution in [0.15, 0.2) is 24.3 Å². The van der Waals surface area contributed by atoms with Gasteiger partial charge in [-0.05, 0) is 48.8 Å². The van der Waals surface area contributed by atoms with Crippen LogP contribution in [0, 0.1) is 11.8 Å². The van der Waals surface area contributed by atoms with Gasteiger partial charge in [0.05, 0.1) is 0 Å². The van der Waals surface area contributed by atoms with Crippen LogP contribution >= 0.6 is 0 Å². The average molecular weight is 231 g/mol. The molecule has 17 heavy (non-hydrogen) atoms. The van der Waals surface area contributed by atoms with Crippen LogP contribution in [0.3, 0.4) is 0 Å². The van der Waals surface area contributed by atoms with Crippen molar-refractivity contribution in [1.29, 1.82) is 0 Å². The topological polar surface area (TPSA) is 3.24 Å². The Morgan fingerprint density at radius 3 is 2.59 bits per heavy atom. The molecule has 1 saturated heterocycles. The molecule has 0 aromatic heterocycles. The molecule has 1 aromatic rings. The molecule has 1 heterocycles. The third kappa shape index (κ3) is 3.49. The Kier molecular flexibility index (Phi) is 4.09. The SMILES string of the molecule is CC(C)Cc1cccc(N2CCC(C)CC2)c1. The summed E-state index contributed by atoms with van der Waals surface area (Å²) in [5, 5.41) is 0. The predicted molar refractivity (Wildman–Crippen MR) is 75.6 cm³/mol. The first-order chi connectivity index (χ1) is 8.15. The number of nitrogens with zero attached hydrogens (tertiary/aromatic N) is 1. The zero-order chi connectivity index (χ0) is 12.3. The van der Waals surface area contributed by atoms with Crippen LogP contribution in [-0.2, 0) is 6.42 Å². The zero-order valence-corrected chi connectivity index (χ0v) is 11.4. The second-order valence-electron chi connectivity index (χ2n) is 5.94. The minimum Gasteiger partial charge on any atom is -0.372 e. The lowest BCUT2D eigenvalue weighted by Crippen LogP contribution is -2.32. The smallest absolute Gasteiger partial charge is 0.0368 e. The maximum Gasteiger partial charge on any atom is 0.0368 e. The average Bonchev–Trinajstić information content (AvgIpc) is 2.29. The molecular formula is C16H25N. The summed E-state index contributed by atoms with van der Waals surface area (Å²) in [6.07, 6.45) is 3.88. The van der Waals surface area contributed by atoms with Crippen LogP contribution in [0.25, 0.3) is 0 Å². The van der Waals surface area contributed by atoms with E-state index in [-0.39, 0.29) is 0 Å². The van der Waals surface area contributed by atoms with Crippen molar-refractivity contribution in [2.75, 3.05) is 18.0 Å². The molecule has 0 bridgehead atoms. The summed E-state index contributed by atoms with van der Waals surface area (Å²) < 4.78 is 0. The standard InChI is InChI=1S/C16H25N/c1-13(2)11-15-5-4-6-16(12-15)17-9-7-14(3)8-10-17/h4-6,12-14H,7-11H2,1-3H3. The van der Waals surface area contributed by atoms with Crippen molar-refractivity contribution in [3.63, 3.8) is 0 Å². The normalized spacial score (nSPS) is 17.8. The van der Waals surface area contributed by atoms with E-state index in [2.05, 4.69) is 49.9 Å². The Morgan fingerprint density at radius 1 is 1.24 bits per heavy atom. The zero-order valence-electron chi connectivity index (χ0n) is 11.4. The summed E-state index contributed by atoms with van der Waals surface area (Å²) in [6, 6.07) is 9.12. The van der Waals surface area contributed by atoms with Crippen LogP contribution in [0.1, 0.15) is 39.2 Å². The molecule has 1 aliphatic rings. The van der Waals surface area contributed by atoms with Gasteiger partial charge in [0, 0.05) is 18.8 Å². The first kappa shape index (κ1) is 12.5. The quantitative estimate of drug-likeness (QED) is 0.756. The second-order valence-corrected chi connectivity index (χ2v) is 5.94. The minimum atomic E-state index is 0.742. The van der Waals surface area contributed by atoms with E-state index in [0.717, 1.165) is 11.8 Å². The van der Waals surface area contributed by atoms with E-state index in [0.29, 0.717) is 0 Å². The Labute approximate surface area is 106 Å². The van der Waals surface area contributed by atoms with E-state index in [1.807, 2.05) is 0 Å². The molecule has 0 unspecified atom stereocenters. The molecular weight excluding hydrogens is 206 g/mol. The number of hydrogen-bond acceptors (Lipinski definition) is 1. The molecule has 0 radical (unpaired) electrons. The molecule has 1 nitrogen and oxygen atoms in total. The maximum atomic E-state index is 2.55. The number of piperidine rings is 1. The second kappa shape index (κ2) is 5.57. The highest BCUT2D eigenvalue weighted by Gasteiger charge is 2.16. The Bertz CT molecular complexity index is 348. The van der Waals surface area contributed by atoms with Gasteiger partial charge in [-0.2, -0.15) is 0 Å². The number of benzene rings is 1. The highest BCUT2D eigenvalue weighted by atomic mass is 15.1. The van der Waals surface area contributed by atoms with E-state index >= 15 is 0 Å². The predicted octanol–water partition coefficient (Wildman–Crippen LogP) is 4.12. The van der Waals surface area contributed by atoms with Crippen molar-refractivity contribution in [3.8, 4) is 0 Å². The maximum absolute atomic E-state index is 2.55. The largest absolute Gasteiger partial charge is 0.372 e. The Hall–Kier alpha value is -0.980. The van der Waals surface area contributed by atoms with Crippen molar-refractivity contribution in [3.05, 3.63) is 29.8 Å². The molecule has 1 aromatic carbocycles. The van der Waals surface area contributed by atoms with E-state index in [1.165, 1.54) is 43.6 Å². The van der Waals surface area contributed by atoms with Gasteiger partial charge in [-0.3, -0.25) is 0 Å². The van der Waals surface area contributed by atoms with Crippen molar-refractivity contribution in [1.82, 2.24) is 0 Å². The van der Waals surface area contributed by atoms with Gasteiger partial charge in [-0.1, -0.05) is 32.9 Å². The Balaban J connectivity index is 2.05. The van der Waals surface area contributed by atoms with Crippen molar-refractivity contribution in [2.45, 2.75) is 40.0 Å². The molecule has 0 saturated carbocycles. The third-order valence-corrected chi connectivity index (χ3v) is 3.70. The van der Waals surface area contributed by atoms with E-state index in [9.17, 15) is 0 Å². The van der Waals surface area contributed by atoms with Crippen molar-refractivity contribution >= 4 is 5.69 Å².